The third kappa shape index (κ3) is 5.73. The van der Waals surface area contributed by atoms with Gasteiger partial charge in [-0.25, -0.2) is 4.99 Å². The molecule has 3 aromatic carbocycles. The fourth-order valence-electron chi connectivity index (χ4n) is 5.73. The van der Waals surface area contributed by atoms with E-state index in [0.29, 0.717) is 57.5 Å². The van der Waals surface area contributed by atoms with Gasteiger partial charge in [0.25, 0.3) is 11.6 Å². The molecule has 2 heterocycles. The smallest absolute Gasteiger partial charge is 0.270 e. The Balaban J connectivity index is 1.25. The quantitative estimate of drug-likeness (QED) is 0.198. The number of nitro benzene ring substituents is 1. The van der Waals surface area contributed by atoms with Crippen LogP contribution in [0.5, 0.6) is 23.0 Å². The molecule has 45 heavy (non-hydrogen) atoms. The lowest BCUT2D eigenvalue weighted by atomic mass is 10.0. The molecule has 1 amide bonds. The normalized spacial score (nSPS) is 14.7. The van der Waals surface area contributed by atoms with Crippen LogP contribution in [-0.2, 0) is 13.2 Å². The SMILES string of the molecule is CNc1cc(OCc2cc(COc3cc4c(cc3OC)C(=O)N3C(=C=N4)CC4=C3C=CCC4)cc([N+](=O)[O-])c2)c(OC)cc1C. The molecule has 2 aliphatic heterocycles. The Bertz CT molecular complexity index is 1850. The molecule has 0 saturated carbocycles. The Morgan fingerprint density at radius 1 is 0.978 bits per heavy atom. The van der Waals surface area contributed by atoms with Crippen molar-refractivity contribution in [3.63, 3.8) is 0 Å². The number of anilines is 1. The average molecular weight is 609 g/mol. The first-order valence-electron chi connectivity index (χ1n) is 14.5. The van der Waals surface area contributed by atoms with Gasteiger partial charge in [0, 0.05) is 55.0 Å². The number of ether oxygens (including phenoxy) is 4. The number of hydrogen-bond acceptors (Lipinski definition) is 9. The molecule has 1 N–H and O–H groups in total. The second-order valence-corrected chi connectivity index (χ2v) is 10.8. The van der Waals surface area contributed by atoms with E-state index in [1.165, 1.54) is 24.8 Å². The Labute approximate surface area is 260 Å². The van der Waals surface area contributed by atoms with E-state index < -0.39 is 4.92 Å². The molecular formula is C34H32N4O7. The molecule has 0 bridgehead atoms. The lowest BCUT2D eigenvalue weighted by molar-refractivity contribution is -0.385. The van der Waals surface area contributed by atoms with Crippen molar-refractivity contribution in [2.75, 3.05) is 26.6 Å². The van der Waals surface area contributed by atoms with Crippen molar-refractivity contribution < 1.29 is 28.7 Å². The number of amides is 1. The van der Waals surface area contributed by atoms with Crippen molar-refractivity contribution in [2.45, 2.75) is 39.4 Å². The summed E-state index contributed by atoms with van der Waals surface area (Å²) in [7, 11) is 4.87. The molecule has 0 saturated heterocycles. The molecule has 0 atom stereocenters. The van der Waals surface area contributed by atoms with Gasteiger partial charge in [0.2, 0.25) is 0 Å². The molecule has 1 aliphatic carbocycles. The largest absolute Gasteiger partial charge is 0.493 e. The van der Waals surface area contributed by atoms with Gasteiger partial charge in [0.1, 0.15) is 13.2 Å². The highest BCUT2D eigenvalue weighted by atomic mass is 16.6. The fraction of sp³-hybridized carbons (Fsp3) is 0.265. The number of aliphatic imine (C=N–C) groups is 1. The van der Waals surface area contributed by atoms with Crippen molar-refractivity contribution >= 4 is 28.8 Å². The van der Waals surface area contributed by atoms with Crippen LogP contribution in [0.15, 0.2) is 76.6 Å². The summed E-state index contributed by atoms with van der Waals surface area (Å²) in [5.41, 5.74) is 6.50. The van der Waals surface area contributed by atoms with Crippen LogP contribution in [0.1, 0.15) is 46.3 Å². The Morgan fingerprint density at radius 2 is 1.67 bits per heavy atom. The van der Waals surface area contributed by atoms with Crippen LogP contribution in [0.2, 0.25) is 0 Å². The van der Waals surface area contributed by atoms with Gasteiger partial charge in [-0.1, -0.05) is 6.08 Å². The van der Waals surface area contributed by atoms with E-state index in [1.54, 1.807) is 30.2 Å². The number of methoxy groups -OCH3 is 2. The predicted molar refractivity (Wildman–Crippen MR) is 169 cm³/mol. The van der Waals surface area contributed by atoms with Gasteiger partial charge >= 0.3 is 0 Å². The number of nitro groups is 1. The molecule has 11 nitrogen and oxygen atoms in total. The summed E-state index contributed by atoms with van der Waals surface area (Å²) in [6.45, 7) is 2.01. The van der Waals surface area contributed by atoms with Gasteiger partial charge in [0.15, 0.2) is 23.0 Å². The van der Waals surface area contributed by atoms with Crippen LogP contribution in [-0.4, -0.2) is 42.9 Å². The number of benzene rings is 3. The van der Waals surface area contributed by atoms with E-state index >= 15 is 0 Å². The minimum Gasteiger partial charge on any atom is -0.493 e. The molecule has 6 rings (SSSR count). The van der Waals surface area contributed by atoms with E-state index in [-0.39, 0.29) is 24.8 Å². The van der Waals surface area contributed by atoms with E-state index in [9.17, 15) is 14.9 Å². The average Bonchev–Trinajstić information content (AvgIpc) is 3.37. The first-order chi connectivity index (χ1) is 21.8. The van der Waals surface area contributed by atoms with Crippen molar-refractivity contribution in [3.05, 3.63) is 104 Å². The monoisotopic (exact) mass is 608 g/mol. The van der Waals surface area contributed by atoms with Gasteiger partial charge in [-0.15, -0.1) is 0 Å². The second kappa shape index (κ2) is 12.2. The van der Waals surface area contributed by atoms with Gasteiger partial charge in [-0.05, 0) is 66.3 Å². The minimum atomic E-state index is -0.454. The van der Waals surface area contributed by atoms with Gasteiger partial charge in [0.05, 0.1) is 36.1 Å². The zero-order valence-corrected chi connectivity index (χ0v) is 25.4. The number of nitrogens with one attached hydrogen (secondary N) is 1. The highest BCUT2D eigenvalue weighted by Crippen LogP contribution is 2.43. The van der Waals surface area contributed by atoms with Gasteiger partial charge in [-0.3, -0.25) is 19.8 Å². The topological polar surface area (TPSA) is 125 Å². The number of rotatable bonds is 10. The Kier molecular flexibility index (Phi) is 8.02. The molecule has 3 aromatic rings. The lowest BCUT2D eigenvalue weighted by Crippen LogP contribution is -2.26. The number of allylic oxidation sites excluding steroid dienone is 3. The highest BCUT2D eigenvalue weighted by Gasteiger charge is 2.35. The number of non-ortho nitro benzene ring substituents is 1. The Morgan fingerprint density at radius 3 is 2.33 bits per heavy atom. The molecule has 0 aromatic heterocycles. The van der Waals surface area contributed by atoms with Crippen LogP contribution in [0.4, 0.5) is 17.1 Å². The van der Waals surface area contributed by atoms with Crippen molar-refractivity contribution in [1.29, 1.82) is 0 Å². The van der Waals surface area contributed by atoms with Crippen LogP contribution in [0.25, 0.3) is 0 Å². The number of carbonyl (C=O) groups excluding carboxylic acids is 1. The van der Waals surface area contributed by atoms with Crippen molar-refractivity contribution in [2.24, 2.45) is 4.99 Å². The lowest BCUT2D eigenvalue weighted by Gasteiger charge is -2.20. The second-order valence-electron chi connectivity index (χ2n) is 10.8. The maximum Gasteiger partial charge on any atom is 0.270 e. The van der Waals surface area contributed by atoms with Crippen molar-refractivity contribution in [3.8, 4) is 23.0 Å². The number of fused-ring (bicyclic) bond motifs is 3. The highest BCUT2D eigenvalue weighted by molar-refractivity contribution is 6.05. The number of hydrogen-bond donors (Lipinski definition) is 1. The van der Waals surface area contributed by atoms with Crippen LogP contribution in [0, 0.1) is 17.0 Å². The summed E-state index contributed by atoms with van der Waals surface area (Å²) in [5, 5.41) is 14.9. The Hall–Kier alpha value is -5.54. The molecular weight excluding hydrogens is 576 g/mol. The van der Waals surface area contributed by atoms with E-state index in [2.05, 4.69) is 22.3 Å². The predicted octanol–water partition coefficient (Wildman–Crippen LogP) is 6.77. The zero-order chi connectivity index (χ0) is 31.7. The molecule has 0 fully saturated rings. The summed E-state index contributed by atoms with van der Waals surface area (Å²) in [6.07, 6.45) is 6.55. The minimum absolute atomic E-state index is 0.00645. The summed E-state index contributed by atoms with van der Waals surface area (Å²) in [4.78, 5) is 31.2. The molecule has 11 heteroatoms. The summed E-state index contributed by atoms with van der Waals surface area (Å²) >= 11 is 0. The summed E-state index contributed by atoms with van der Waals surface area (Å²) < 4.78 is 23.2. The molecule has 3 aliphatic rings. The van der Waals surface area contributed by atoms with E-state index in [1.807, 2.05) is 32.2 Å². The number of nitrogens with zero attached hydrogens (tertiary/aromatic N) is 3. The van der Waals surface area contributed by atoms with Crippen LogP contribution >= 0.6 is 0 Å². The van der Waals surface area contributed by atoms with E-state index in [4.69, 9.17) is 18.9 Å². The third-order valence-electron chi connectivity index (χ3n) is 7.98. The summed E-state index contributed by atoms with van der Waals surface area (Å²) in [5.74, 6) is 4.61. The summed E-state index contributed by atoms with van der Waals surface area (Å²) in [6, 6.07) is 11.6. The molecule has 0 radical (unpaired) electrons. The fourth-order valence-corrected chi connectivity index (χ4v) is 5.73. The maximum absolute atomic E-state index is 13.7. The van der Waals surface area contributed by atoms with Crippen LogP contribution in [0.3, 0.4) is 0 Å². The third-order valence-corrected chi connectivity index (χ3v) is 7.98. The zero-order valence-electron chi connectivity index (χ0n) is 25.4. The van der Waals surface area contributed by atoms with E-state index in [0.717, 1.165) is 29.8 Å². The number of aryl methyl sites for hydroxylation is 1. The number of carbonyl (C=O) groups is 1. The van der Waals surface area contributed by atoms with Crippen LogP contribution < -0.4 is 24.3 Å². The standard InChI is InChI=1S/C34H32N4O7/c1-20-9-30(42-3)32(15-27(20)35-2)44-18-21-10-22(12-24(11-21)38(40)41)19-45-33-16-28-26(14-31(33)43-4)34(39)37-25(17-36-28)13-23-7-5-6-8-29(23)37/h6,8-12,14-16,35H,5,7,13,18-19H2,1-4H3. The maximum atomic E-state index is 13.7. The van der Waals surface area contributed by atoms with Crippen molar-refractivity contribution in [1.82, 2.24) is 4.90 Å². The molecule has 0 spiro atoms. The van der Waals surface area contributed by atoms with Gasteiger partial charge < -0.3 is 24.3 Å². The first kappa shape index (κ1) is 29.5. The first-order valence-corrected chi connectivity index (χ1v) is 14.5. The molecule has 0 unspecified atom stereocenters. The molecule has 230 valence electrons. The van der Waals surface area contributed by atoms with Gasteiger partial charge in [-0.2, -0.15) is 0 Å².